The van der Waals surface area contributed by atoms with Gasteiger partial charge in [0.1, 0.15) is 0 Å². The molecule has 1 fully saturated rings. The summed E-state index contributed by atoms with van der Waals surface area (Å²) in [5, 5.41) is 8.10. The van der Waals surface area contributed by atoms with Crippen LogP contribution in [0.4, 0.5) is 11.4 Å². The van der Waals surface area contributed by atoms with Crippen molar-refractivity contribution in [2.45, 2.75) is 0 Å². The summed E-state index contributed by atoms with van der Waals surface area (Å²) in [5.41, 5.74) is 1.86. The lowest BCUT2D eigenvalue weighted by Crippen LogP contribution is -2.44. The summed E-state index contributed by atoms with van der Waals surface area (Å²) in [6.07, 6.45) is 0. The molecular weight excluding hydrogens is 354 g/mol. The van der Waals surface area contributed by atoms with Gasteiger partial charge in [-0.1, -0.05) is 18.2 Å². The fourth-order valence-corrected chi connectivity index (χ4v) is 3.48. The molecule has 4 rings (SSSR count). The van der Waals surface area contributed by atoms with E-state index in [9.17, 15) is 9.59 Å². The van der Waals surface area contributed by atoms with Crippen LogP contribution < -0.4 is 15.8 Å². The Morgan fingerprint density at radius 3 is 2.25 bits per heavy atom. The molecule has 1 saturated heterocycles. The van der Waals surface area contributed by atoms with Gasteiger partial charge < -0.3 is 15.1 Å². The van der Waals surface area contributed by atoms with Crippen LogP contribution in [0.25, 0.3) is 10.8 Å². The van der Waals surface area contributed by atoms with E-state index >= 15 is 0 Å². The molecule has 1 aromatic heterocycles. The van der Waals surface area contributed by atoms with Crippen molar-refractivity contribution in [1.29, 1.82) is 0 Å². The number of carbonyl (C=O) groups excluding carboxylic acids is 1. The normalized spacial score (nSPS) is 15.0. The Morgan fingerprint density at radius 1 is 0.929 bits per heavy atom. The molecule has 2 heterocycles. The highest BCUT2D eigenvalue weighted by Gasteiger charge is 2.17. The Labute approximate surface area is 163 Å². The Kier molecular flexibility index (Phi) is 4.83. The first kappa shape index (κ1) is 18.2. The molecule has 28 heavy (non-hydrogen) atoms. The second kappa shape index (κ2) is 7.44. The fourth-order valence-electron chi connectivity index (χ4n) is 3.48. The molecule has 7 nitrogen and oxygen atoms in total. The van der Waals surface area contributed by atoms with Gasteiger partial charge in [0.05, 0.1) is 5.39 Å². The van der Waals surface area contributed by atoms with Gasteiger partial charge in [0.25, 0.3) is 11.5 Å². The number of likely N-dealkylation sites (N-methyl/N-ethyl adjacent to an activating group) is 1. The minimum absolute atomic E-state index is 0.219. The highest BCUT2D eigenvalue weighted by Crippen LogP contribution is 2.20. The van der Waals surface area contributed by atoms with E-state index in [0.29, 0.717) is 16.5 Å². The molecule has 0 saturated carbocycles. The highest BCUT2D eigenvalue weighted by molar-refractivity contribution is 6.11. The first-order chi connectivity index (χ1) is 13.5. The van der Waals surface area contributed by atoms with Crippen molar-refractivity contribution < 1.29 is 4.79 Å². The molecule has 1 amide bonds. The van der Waals surface area contributed by atoms with Gasteiger partial charge in [-0.05, 0) is 37.4 Å². The van der Waals surface area contributed by atoms with Crippen LogP contribution in [0.2, 0.25) is 0 Å². The van der Waals surface area contributed by atoms with Gasteiger partial charge >= 0.3 is 0 Å². The van der Waals surface area contributed by atoms with Gasteiger partial charge in [-0.2, -0.15) is 5.10 Å². The van der Waals surface area contributed by atoms with Gasteiger partial charge in [0, 0.05) is 50.0 Å². The Balaban J connectivity index is 1.55. The fraction of sp³-hybridized carbons (Fsp3) is 0.286. The number of piperazine rings is 1. The van der Waals surface area contributed by atoms with Gasteiger partial charge in [0.2, 0.25) is 0 Å². The van der Waals surface area contributed by atoms with E-state index in [0.717, 1.165) is 31.9 Å². The number of nitrogens with one attached hydrogen (secondary N) is 1. The van der Waals surface area contributed by atoms with Crippen molar-refractivity contribution in [2.75, 3.05) is 43.4 Å². The summed E-state index contributed by atoms with van der Waals surface area (Å²) >= 11 is 0. The predicted molar refractivity (Wildman–Crippen MR) is 111 cm³/mol. The highest BCUT2D eigenvalue weighted by atomic mass is 16.2. The van der Waals surface area contributed by atoms with E-state index in [-0.39, 0.29) is 17.2 Å². The molecule has 0 radical (unpaired) electrons. The minimum atomic E-state index is -0.334. The van der Waals surface area contributed by atoms with Crippen LogP contribution in [0.1, 0.15) is 10.5 Å². The van der Waals surface area contributed by atoms with Crippen LogP contribution in [0.15, 0.2) is 53.3 Å². The average molecular weight is 377 g/mol. The molecule has 0 bridgehead atoms. The molecule has 0 atom stereocenters. The molecule has 7 heteroatoms. The quantitative estimate of drug-likeness (QED) is 0.755. The number of carbonyl (C=O) groups is 1. The van der Waals surface area contributed by atoms with E-state index < -0.39 is 0 Å². The second-order valence-electron chi connectivity index (χ2n) is 7.11. The minimum Gasteiger partial charge on any atom is -0.369 e. The van der Waals surface area contributed by atoms with Crippen LogP contribution >= 0.6 is 0 Å². The molecule has 1 aliphatic heterocycles. The Morgan fingerprint density at radius 2 is 1.57 bits per heavy atom. The van der Waals surface area contributed by atoms with Crippen LogP contribution in [0, 0.1) is 0 Å². The molecule has 2 aromatic carbocycles. The van der Waals surface area contributed by atoms with Crippen LogP contribution in [-0.4, -0.2) is 53.8 Å². The lowest BCUT2D eigenvalue weighted by molar-refractivity contribution is 0.102. The number of nitrogens with zero attached hydrogens (tertiary/aromatic N) is 4. The molecule has 3 aromatic rings. The monoisotopic (exact) mass is 377 g/mol. The lowest BCUT2D eigenvalue weighted by atomic mass is 10.1. The number of rotatable bonds is 3. The zero-order valence-electron chi connectivity index (χ0n) is 16.1. The maximum Gasteiger partial charge on any atom is 0.276 e. The van der Waals surface area contributed by atoms with E-state index in [1.807, 2.05) is 24.3 Å². The smallest absolute Gasteiger partial charge is 0.276 e. The van der Waals surface area contributed by atoms with E-state index in [2.05, 4.69) is 27.3 Å². The number of amides is 1. The number of benzene rings is 2. The van der Waals surface area contributed by atoms with E-state index in [4.69, 9.17) is 0 Å². The van der Waals surface area contributed by atoms with Gasteiger partial charge in [0.15, 0.2) is 5.69 Å². The SMILES string of the molecule is CN1CCN(c2ccc(NC(=O)c3nn(C)c(=O)c4ccccc34)cc2)CC1. The summed E-state index contributed by atoms with van der Waals surface area (Å²) in [7, 11) is 3.68. The summed E-state index contributed by atoms with van der Waals surface area (Å²) in [4.78, 5) is 29.7. The summed E-state index contributed by atoms with van der Waals surface area (Å²) in [6, 6.07) is 14.9. The maximum atomic E-state index is 12.8. The molecule has 144 valence electrons. The van der Waals surface area contributed by atoms with Crippen molar-refractivity contribution in [1.82, 2.24) is 14.7 Å². The molecule has 1 N–H and O–H groups in total. The van der Waals surface area contributed by atoms with Crippen molar-refractivity contribution in [3.8, 4) is 0 Å². The van der Waals surface area contributed by atoms with Crippen molar-refractivity contribution in [3.05, 3.63) is 64.6 Å². The molecule has 1 aliphatic rings. The average Bonchev–Trinajstić information content (AvgIpc) is 2.72. The van der Waals surface area contributed by atoms with Gasteiger partial charge in [-0.15, -0.1) is 0 Å². The summed E-state index contributed by atoms with van der Waals surface area (Å²) < 4.78 is 1.20. The first-order valence-electron chi connectivity index (χ1n) is 9.34. The molecule has 0 unspecified atom stereocenters. The lowest BCUT2D eigenvalue weighted by Gasteiger charge is -2.34. The van der Waals surface area contributed by atoms with Crippen LogP contribution in [0.5, 0.6) is 0 Å². The number of hydrogen-bond donors (Lipinski definition) is 1. The van der Waals surface area contributed by atoms with E-state index in [1.165, 1.54) is 4.68 Å². The van der Waals surface area contributed by atoms with Gasteiger partial charge in [-0.25, -0.2) is 4.68 Å². The molecular formula is C21H23N5O2. The topological polar surface area (TPSA) is 70.5 Å². The Bertz CT molecular complexity index is 1070. The van der Waals surface area contributed by atoms with Crippen LogP contribution in [-0.2, 0) is 7.05 Å². The maximum absolute atomic E-state index is 12.8. The predicted octanol–water partition coefficient (Wildman–Crippen LogP) is 1.94. The zero-order chi connectivity index (χ0) is 19.7. The number of anilines is 2. The van der Waals surface area contributed by atoms with Crippen molar-refractivity contribution in [3.63, 3.8) is 0 Å². The number of aromatic nitrogens is 2. The largest absolute Gasteiger partial charge is 0.369 e. The number of aryl methyl sites for hydroxylation is 1. The van der Waals surface area contributed by atoms with E-state index in [1.54, 1.807) is 31.3 Å². The second-order valence-corrected chi connectivity index (χ2v) is 7.11. The number of fused-ring (bicyclic) bond motifs is 1. The standard InChI is InChI=1S/C21H23N5O2/c1-24-11-13-26(14-12-24)16-9-7-15(8-10-16)22-20(27)19-17-5-3-4-6-18(17)21(28)25(2)23-19/h3-10H,11-14H2,1-2H3,(H,22,27). The third-order valence-corrected chi connectivity index (χ3v) is 5.17. The van der Waals surface area contributed by atoms with Crippen LogP contribution in [0.3, 0.4) is 0 Å². The summed E-state index contributed by atoms with van der Waals surface area (Å²) in [6.45, 7) is 4.08. The first-order valence-corrected chi connectivity index (χ1v) is 9.34. The van der Waals surface area contributed by atoms with Crippen molar-refractivity contribution >= 4 is 28.1 Å². The number of hydrogen-bond acceptors (Lipinski definition) is 5. The molecule has 0 spiro atoms. The third-order valence-electron chi connectivity index (χ3n) is 5.17. The zero-order valence-corrected chi connectivity index (χ0v) is 16.1. The van der Waals surface area contributed by atoms with Gasteiger partial charge in [-0.3, -0.25) is 9.59 Å². The summed E-state index contributed by atoms with van der Waals surface area (Å²) in [5.74, 6) is -0.334. The Hall–Kier alpha value is -3.19. The molecule has 0 aliphatic carbocycles. The third kappa shape index (κ3) is 3.48. The van der Waals surface area contributed by atoms with Crippen molar-refractivity contribution in [2.24, 2.45) is 7.05 Å².